The van der Waals surface area contributed by atoms with Gasteiger partial charge in [-0.15, -0.1) is 0 Å². The topological polar surface area (TPSA) is 9.23 Å². The fourth-order valence-electron chi connectivity index (χ4n) is 2.42. The zero-order chi connectivity index (χ0) is 17.7. The molecule has 0 bridgehead atoms. The third-order valence-electron chi connectivity index (χ3n) is 4.22. The summed E-state index contributed by atoms with van der Waals surface area (Å²) in [6.07, 6.45) is 4.17. The van der Waals surface area contributed by atoms with Gasteiger partial charge < -0.3 is 4.74 Å². The van der Waals surface area contributed by atoms with E-state index < -0.39 is 0 Å². The van der Waals surface area contributed by atoms with Gasteiger partial charge in [0.1, 0.15) is 0 Å². The van der Waals surface area contributed by atoms with Crippen molar-refractivity contribution >= 4 is 0 Å². The van der Waals surface area contributed by atoms with Crippen LogP contribution >= 0.6 is 0 Å². The van der Waals surface area contributed by atoms with Crippen molar-refractivity contribution < 1.29 is 4.74 Å². The lowest BCUT2D eigenvalue weighted by Crippen LogP contribution is -2.17. The van der Waals surface area contributed by atoms with E-state index in [1.165, 1.54) is 16.7 Å². The Balaban J connectivity index is 2.87. The maximum atomic E-state index is 5.70. The van der Waals surface area contributed by atoms with Crippen LogP contribution in [0.3, 0.4) is 0 Å². The monoisotopic (exact) mass is 316 g/mol. The van der Waals surface area contributed by atoms with Crippen molar-refractivity contribution in [3.05, 3.63) is 47.2 Å². The first kappa shape index (κ1) is 19.8. The fraction of sp³-hybridized carbons (Fsp3) is 0.636. The highest BCUT2D eigenvalue weighted by molar-refractivity contribution is 5.37. The van der Waals surface area contributed by atoms with Crippen LogP contribution in [0.1, 0.15) is 84.4 Å². The minimum atomic E-state index is 0.171. The standard InChI is InChI=1S/C22H36O/c1-9-10-13-23-17(2)11-12-18-14-19(21(3,4)5)16-20(15-18)22(6,7)8/h14-16H,2,9-13H2,1,3-8H3. The van der Waals surface area contributed by atoms with E-state index >= 15 is 0 Å². The van der Waals surface area contributed by atoms with Crippen LogP contribution in [0.5, 0.6) is 0 Å². The van der Waals surface area contributed by atoms with Crippen LogP contribution in [0, 0.1) is 0 Å². The highest BCUT2D eigenvalue weighted by atomic mass is 16.5. The number of ether oxygens (including phenoxy) is 1. The summed E-state index contributed by atoms with van der Waals surface area (Å²) in [6.45, 7) is 20.7. The maximum absolute atomic E-state index is 5.70. The quantitative estimate of drug-likeness (QED) is 0.409. The molecular formula is C22H36O. The molecule has 0 heterocycles. The first-order chi connectivity index (χ1) is 10.5. The Morgan fingerprint density at radius 1 is 0.957 bits per heavy atom. The molecule has 0 N–H and O–H groups in total. The smallest absolute Gasteiger partial charge is 0.0891 e. The van der Waals surface area contributed by atoms with E-state index in [4.69, 9.17) is 4.74 Å². The Kier molecular flexibility index (Phi) is 6.92. The molecule has 0 saturated carbocycles. The van der Waals surface area contributed by atoms with Crippen molar-refractivity contribution in [2.45, 2.75) is 85.0 Å². The third-order valence-corrected chi connectivity index (χ3v) is 4.22. The summed E-state index contributed by atoms with van der Waals surface area (Å²) >= 11 is 0. The number of unbranched alkanes of at least 4 members (excludes halogenated alkanes) is 1. The van der Waals surface area contributed by atoms with E-state index in [-0.39, 0.29) is 10.8 Å². The molecule has 0 aliphatic rings. The van der Waals surface area contributed by atoms with Crippen molar-refractivity contribution in [1.82, 2.24) is 0 Å². The van der Waals surface area contributed by atoms with Crippen molar-refractivity contribution in [2.24, 2.45) is 0 Å². The minimum Gasteiger partial charge on any atom is -0.499 e. The predicted octanol–water partition coefficient (Wildman–Crippen LogP) is 6.54. The average molecular weight is 317 g/mol. The summed E-state index contributed by atoms with van der Waals surface area (Å²) < 4.78 is 5.70. The van der Waals surface area contributed by atoms with Gasteiger partial charge in [0.25, 0.3) is 0 Å². The van der Waals surface area contributed by atoms with Crippen LogP contribution < -0.4 is 0 Å². The molecule has 0 aliphatic carbocycles. The molecule has 0 fully saturated rings. The molecule has 0 unspecified atom stereocenters. The zero-order valence-corrected chi connectivity index (χ0v) is 16.4. The van der Waals surface area contributed by atoms with Gasteiger partial charge >= 0.3 is 0 Å². The number of rotatable bonds is 7. The van der Waals surface area contributed by atoms with Crippen LogP contribution in [-0.2, 0) is 22.0 Å². The van der Waals surface area contributed by atoms with Crippen LogP contribution in [0.4, 0.5) is 0 Å². The van der Waals surface area contributed by atoms with Crippen LogP contribution in [0.15, 0.2) is 30.5 Å². The second kappa shape index (κ2) is 8.04. The van der Waals surface area contributed by atoms with E-state index in [2.05, 4.69) is 73.2 Å². The SMILES string of the molecule is C=C(CCc1cc(C(C)(C)C)cc(C(C)(C)C)c1)OCCCC. The van der Waals surface area contributed by atoms with Crippen LogP contribution in [0.25, 0.3) is 0 Å². The largest absolute Gasteiger partial charge is 0.499 e. The number of hydrogen-bond donors (Lipinski definition) is 0. The van der Waals surface area contributed by atoms with Gasteiger partial charge in [-0.05, 0) is 40.4 Å². The number of hydrogen-bond acceptors (Lipinski definition) is 1. The van der Waals surface area contributed by atoms with Gasteiger partial charge in [0.05, 0.1) is 12.4 Å². The van der Waals surface area contributed by atoms with Crippen molar-refractivity contribution in [3.63, 3.8) is 0 Å². The van der Waals surface area contributed by atoms with E-state index in [0.29, 0.717) is 0 Å². The van der Waals surface area contributed by atoms with Crippen molar-refractivity contribution in [3.8, 4) is 0 Å². The first-order valence-electron chi connectivity index (χ1n) is 8.99. The summed E-state index contributed by atoms with van der Waals surface area (Å²) in [7, 11) is 0. The molecule has 0 atom stereocenters. The van der Waals surface area contributed by atoms with Gasteiger partial charge in [0, 0.05) is 6.42 Å². The second-order valence-electron chi connectivity index (χ2n) is 8.66. The predicted molar refractivity (Wildman–Crippen MR) is 102 cm³/mol. The summed E-state index contributed by atoms with van der Waals surface area (Å²) in [5, 5.41) is 0. The molecule has 1 nitrogen and oxygen atoms in total. The highest BCUT2D eigenvalue weighted by Gasteiger charge is 2.20. The Labute approximate surface area is 144 Å². The Morgan fingerprint density at radius 2 is 1.48 bits per heavy atom. The molecule has 0 amide bonds. The third kappa shape index (κ3) is 6.81. The molecule has 0 aromatic heterocycles. The lowest BCUT2D eigenvalue weighted by atomic mass is 9.79. The molecule has 0 saturated heterocycles. The van der Waals surface area contributed by atoms with Crippen LogP contribution in [-0.4, -0.2) is 6.61 Å². The normalized spacial score (nSPS) is 12.3. The van der Waals surface area contributed by atoms with E-state index in [1.54, 1.807) is 0 Å². The summed E-state index contributed by atoms with van der Waals surface area (Å²) in [4.78, 5) is 0. The molecular weight excluding hydrogens is 280 g/mol. The van der Waals surface area contributed by atoms with Crippen molar-refractivity contribution in [1.29, 1.82) is 0 Å². The zero-order valence-electron chi connectivity index (χ0n) is 16.4. The fourth-order valence-corrected chi connectivity index (χ4v) is 2.42. The molecule has 1 aromatic carbocycles. The molecule has 1 aromatic rings. The second-order valence-corrected chi connectivity index (χ2v) is 8.66. The summed E-state index contributed by atoms with van der Waals surface area (Å²) in [5.74, 6) is 0.914. The van der Waals surface area contributed by atoms with E-state index in [9.17, 15) is 0 Å². The van der Waals surface area contributed by atoms with Crippen LogP contribution in [0.2, 0.25) is 0 Å². The van der Waals surface area contributed by atoms with Gasteiger partial charge in [-0.2, -0.15) is 0 Å². The van der Waals surface area contributed by atoms with Gasteiger partial charge in [0.2, 0.25) is 0 Å². The molecule has 0 radical (unpaired) electrons. The van der Waals surface area contributed by atoms with Gasteiger partial charge in [-0.3, -0.25) is 0 Å². The molecule has 1 rings (SSSR count). The number of aryl methyl sites for hydroxylation is 1. The summed E-state index contributed by atoms with van der Waals surface area (Å²) in [6, 6.07) is 7.08. The molecule has 23 heavy (non-hydrogen) atoms. The number of allylic oxidation sites excluding steroid dienone is 1. The molecule has 1 heteroatoms. The minimum absolute atomic E-state index is 0.171. The highest BCUT2D eigenvalue weighted by Crippen LogP contribution is 2.30. The van der Waals surface area contributed by atoms with E-state index in [1.807, 2.05) is 0 Å². The first-order valence-corrected chi connectivity index (χ1v) is 8.99. The Bertz CT molecular complexity index is 480. The molecule has 0 aliphatic heterocycles. The Hall–Kier alpha value is -1.24. The van der Waals surface area contributed by atoms with Gasteiger partial charge in [-0.1, -0.05) is 79.7 Å². The van der Waals surface area contributed by atoms with Gasteiger partial charge in [0.15, 0.2) is 0 Å². The molecule has 130 valence electrons. The lowest BCUT2D eigenvalue weighted by molar-refractivity contribution is 0.199. The molecule has 0 spiro atoms. The maximum Gasteiger partial charge on any atom is 0.0891 e. The summed E-state index contributed by atoms with van der Waals surface area (Å²) in [5.41, 5.74) is 4.56. The van der Waals surface area contributed by atoms with Crippen molar-refractivity contribution in [2.75, 3.05) is 6.61 Å². The lowest BCUT2D eigenvalue weighted by Gasteiger charge is -2.26. The van der Waals surface area contributed by atoms with Gasteiger partial charge in [-0.25, -0.2) is 0 Å². The van der Waals surface area contributed by atoms with E-state index in [0.717, 1.165) is 38.0 Å². The Morgan fingerprint density at radius 3 is 1.91 bits per heavy atom. The average Bonchev–Trinajstić information content (AvgIpc) is 2.43. The number of benzene rings is 1.